The highest BCUT2D eigenvalue weighted by Crippen LogP contribution is 2.36. The van der Waals surface area contributed by atoms with Crippen molar-refractivity contribution in [3.63, 3.8) is 0 Å². The van der Waals surface area contributed by atoms with Crippen LogP contribution < -0.4 is 14.8 Å². The number of benzene rings is 1. The largest absolute Gasteiger partial charge is 0.489 e. The van der Waals surface area contributed by atoms with E-state index in [1.165, 1.54) is 18.3 Å². The minimum absolute atomic E-state index is 0.0362. The number of rotatable bonds is 7. The summed E-state index contributed by atoms with van der Waals surface area (Å²) in [6.45, 7) is -2.65. The Morgan fingerprint density at radius 1 is 1.26 bits per heavy atom. The van der Waals surface area contributed by atoms with Crippen LogP contribution in [0.5, 0.6) is 11.5 Å². The number of nitrogens with one attached hydrogen (secondary N) is 1. The number of ether oxygens (including phenoxy) is 2. The van der Waals surface area contributed by atoms with Crippen molar-refractivity contribution in [3.8, 4) is 11.5 Å². The van der Waals surface area contributed by atoms with Crippen LogP contribution in [0, 0.1) is 5.92 Å². The summed E-state index contributed by atoms with van der Waals surface area (Å²) >= 11 is 17.8. The molecule has 1 fully saturated rings. The van der Waals surface area contributed by atoms with Gasteiger partial charge in [0.15, 0.2) is 11.5 Å². The number of hydrogen-bond donors (Lipinski definition) is 1. The molecule has 5 nitrogen and oxygen atoms in total. The Labute approximate surface area is 168 Å². The lowest BCUT2D eigenvalue weighted by molar-refractivity contribution is -0.0515. The van der Waals surface area contributed by atoms with E-state index in [1.54, 1.807) is 0 Å². The average Bonchev–Trinajstić information content (AvgIpc) is 3.44. The molecule has 3 rings (SSSR count). The summed E-state index contributed by atoms with van der Waals surface area (Å²) in [4.78, 5) is 16.2. The van der Waals surface area contributed by atoms with E-state index < -0.39 is 12.5 Å². The summed E-state index contributed by atoms with van der Waals surface area (Å²) in [5.41, 5.74) is 0.109. The molecule has 0 unspecified atom stereocenters. The number of halogens is 5. The second kappa shape index (κ2) is 8.46. The summed E-state index contributed by atoms with van der Waals surface area (Å²) in [5.74, 6) is -0.313. The topological polar surface area (TPSA) is 60.5 Å². The molecule has 1 heterocycles. The minimum Gasteiger partial charge on any atom is -0.489 e. The minimum atomic E-state index is -3.06. The highest BCUT2D eigenvalue weighted by atomic mass is 35.5. The standard InChI is InChI=1S/C17H13Cl3F2N2O3/c18-10-6-23-15(20)13(19)14(10)24-16(25)9-3-4-11(26-7-8-1-2-8)12(5-9)27-17(21)22/h3-6,8,17H,1-2,7H2,(H,23,24,25). The van der Waals surface area contributed by atoms with Crippen molar-refractivity contribution < 1.29 is 23.0 Å². The Bertz CT molecular complexity index is 864. The molecule has 1 saturated carbocycles. The highest BCUT2D eigenvalue weighted by Gasteiger charge is 2.23. The molecule has 2 aromatic rings. The number of nitrogens with zero attached hydrogens (tertiary/aromatic N) is 1. The van der Waals surface area contributed by atoms with Gasteiger partial charge in [-0.1, -0.05) is 34.8 Å². The fourth-order valence-electron chi connectivity index (χ4n) is 2.19. The normalized spacial score (nSPS) is 13.6. The summed E-state index contributed by atoms with van der Waals surface area (Å²) in [7, 11) is 0. The number of carbonyl (C=O) groups is 1. The maximum absolute atomic E-state index is 12.7. The molecule has 0 aliphatic heterocycles. The summed E-state index contributed by atoms with van der Waals surface area (Å²) in [5, 5.41) is 2.48. The van der Waals surface area contributed by atoms with E-state index in [0.29, 0.717) is 12.5 Å². The molecule has 27 heavy (non-hydrogen) atoms. The first-order valence-electron chi connectivity index (χ1n) is 7.87. The van der Waals surface area contributed by atoms with E-state index in [9.17, 15) is 13.6 Å². The van der Waals surface area contributed by atoms with Crippen LogP contribution in [0.15, 0.2) is 24.4 Å². The maximum Gasteiger partial charge on any atom is 0.387 e. The molecular formula is C17H13Cl3F2N2O3. The van der Waals surface area contributed by atoms with Crippen LogP contribution in [-0.4, -0.2) is 24.1 Å². The second-order valence-electron chi connectivity index (χ2n) is 5.83. The molecule has 1 N–H and O–H groups in total. The Hall–Kier alpha value is -1.83. The molecule has 1 aromatic carbocycles. The van der Waals surface area contributed by atoms with Crippen LogP contribution >= 0.6 is 34.8 Å². The lowest BCUT2D eigenvalue weighted by Gasteiger charge is -2.14. The third-order valence-electron chi connectivity index (χ3n) is 3.76. The molecule has 1 aliphatic carbocycles. The van der Waals surface area contributed by atoms with Crippen LogP contribution in [0.3, 0.4) is 0 Å². The van der Waals surface area contributed by atoms with Gasteiger partial charge in [0, 0.05) is 11.8 Å². The predicted octanol–water partition coefficient (Wildman–Crippen LogP) is 5.68. The van der Waals surface area contributed by atoms with E-state index in [0.717, 1.165) is 18.9 Å². The van der Waals surface area contributed by atoms with Crippen molar-refractivity contribution in [2.24, 2.45) is 5.92 Å². The van der Waals surface area contributed by atoms with E-state index in [-0.39, 0.29) is 37.9 Å². The van der Waals surface area contributed by atoms with Gasteiger partial charge in [-0.15, -0.1) is 0 Å². The van der Waals surface area contributed by atoms with E-state index >= 15 is 0 Å². The zero-order valence-electron chi connectivity index (χ0n) is 13.6. The molecule has 1 amide bonds. The first-order valence-corrected chi connectivity index (χ1v) is 9.01. The zero-order valence-corrected chi connectivity index (χ0v) is 15.9. The summed E-state index contributed by atoms with van der Waals surface area (Å²) in [6.07, 6.45) is 3.31. The second-order valence-corrected chi connectivity index (χ2v) is 6.98. The molecule has 0 atom stereocenters. The summed E-state index contributed by atoms with van der Waals surface area (Å²) < 4.78 is 35.4. The number of hydrogen-bond acceptors (Lipinski definition) is 4. The van der Waals surface area contributed by atoms with Gasteiger partial charge in [-0.05, 0) is 37.0 Å². The monoisotopic (exact) mass is 436 g/mol. The molecule has 1 aliphatic rings. The Balaban J connectivity index is 1.82. The molecule has 0 saturated heterocycles. The lowest BCUT2D eigenvalue weighted by Crippen LogP contribution is -2.14. The van der Waals surface area contributed by atoms with Gasteiger partial charge in [-0.2, -0.15) is 8.78 Å². The SMILES string of the molecule is O=C(Nc1c(Cl)cnc(Cl)c1Cl)c1ccc(OCC2CC2)c(OC(F)F)c1. The van der Waals surface area contributed by atoms with Gasteiger partial charge in [0.05, 0.1) is 17.3 Å². The first-order chi connectivity index (χ1) is 12.8. The Morgan fingerprint density at radius 3 is 2.67 bits per heavy atom. The molecule has 1 aromatic heterocycles. The van der Waals surface area contributed by atoms with Gasteiger partial charge in [-0.25, -0.2) is 4.98 Å². The fourth-order valence-corrected chi connectivity index (χ4v) is 2.77. The third kappa shape index (κ3) is 5.12. The van der Waals surface area contributed by atoms with Crippen molar-refractivity contribution in [2.75, 3.05) is 11.9 Å². The lowest BCUT2D eigenvalue weighted by atomic mass is 10.2. The number of carbonyl (C=O) groups excluding carboxylic acids is 1. The first kappa shape index (κ1) is 19.9. The number of pyridine rings is 1. The quantitative estimate of drug-likeness (QED) is 0.566. The van der Waals surface area contributed by atoms with Crippen molar-refractivity contribution in [1.82, 2.24) is 4.98 Å². The van der Waals surface area contributed by atoms with E-state index in [1.807, 2.05) is 0 Å². The highest BCUT2D eigenvalue weighted by molar-refractivity contribution is 6.45. The zero-order chi connectivity index (χ0) is 19.6. The Morgan fingerprint density at radius 2 is 2.00 bits per heavy atom. The van der Waals surface area contributed by atoms with Gasteiger partial charge >= 0.3 is 6.61 Å². The van der Waals surface area contributed by atoms with Gasteiger partial charge in [-0.3, -0.25) is 4.79 Å². The van der Waals surface area contributed by atoms with Gasteiger partial charge in [0.1, 0.15) is 10.2 Å². The fraction of sp³-hybridized carbons (Fsp3) is 0.294. The van der Waals surface area contributed by atoms with Crippen LogP contribution in [0.4, 0.5) is 14.5 Å². The Kier molecular flexibility index (Phi) is 6.24. The van der Waals surface area contributed by atoms with Crippen molar-refractivity contribution in [3.05, 3.63) is 45.2 Å². The third-order valence-corrected chi connectivity index (χ3v) is 4.80. The van der Waals surface area contributed by atoms with E-state index in [4.69, 9.17) is 39.5 Å². The van der Waals surface area contributed by atoms with Crippen molar-refractivity contribution in [2.45, 2.75) is 19.5 Å². The average molecular weight is 438 g/mol. The number of amides is 1. The molecule has 0 spiro atoms. The van der Waals surface area contributed by atoms with Crippen LogP contribution in [0.25, 0.3) is 0 Å². The molecular weight excluding hydrogens is 425 g/mol. The van der Waals surface area contributed by atoms with Crippen LogP contribution in [-0.2, 0) is 0 Å². The van der Waals surface area contributed by atoms with Gasteiger partial charge < -0.3 is 14.8 Å². The van der Waals surface area contributed by atoms with E-state index in [2.05, 4.69) is 15.0 Å². The molecule has 10 heteroatoms. The van der Waals surface area contributed by atoms with Crippen LogP contribution in [0.1, 0.15) is 23.2 Å². The molecule has 0 radical (unpaired) electrons. The predicted molar refractivity (Wildman–Crippen MR) is 98.5 cm³/mol. The van der Waals surface area contributed by atoms with Crippen molar-refractivity contribution >= 4 is 46.4 Å². The van der Waals surface area contributed by atoms with Gasteiger partial charge in [0.2, 0.25) is 0 Å². The number of aromatic nitrogens is 1. The summed E-state index contributed by atoms with van der Waals surface area (Å²) in [6, 6.07) is 3.98. The van der Waals surface area contributed by atoms with Gasteiger partial charge in [0.25, 0.3) is 5.91 Å². The van der Waals surface area contributed by atoms with Crippen molar-refractivity contribution in [1.29, 1.82) is 0 Å². The number of alkyl halides is 2. The van der Waals surface area contributed by atoms with Crippen LogP contribution in [0.2, 0.25) is 15.2 Å². The maximum atomic E-state index is 12.7. The smallest absolute Gasteiger partial charge is 0.387 e. The molecule has 0 bridgehead atoms. The molecule has 144 valence electrons. The number of anilines is 1.